The van der Waals surface area contributed by atoms with Crippen molar-refractivity contribution in [2.75, 3.05) is 32.2 Å². The van der Waals surface area contributed by atoms with Gasteiger partial charge in [0.1, 0.15) is 24.6 Å². The fourth-order valence-corrected chi connectivity index (χ4v) is 2.60. The first-order valence-electron chi connectivity index (χ1n) is 8.03. The Bertz CT molecular complexity index is 814. The molecule has 134 valence electrons. The molecular weight excluding hydrogens is 334 g/mol. The summed E-state index contributed by atoms with van der Waals surface area (Å²) in [5.41, 5.74) is 1.40. The molecule has 1 aliphatic heterocycles. The van der Waals surface area contributed by atoms with Crippen molar-refractivity contribution in [1.82, 2.24) is 5.01 Å². The van der Waals surface area contributed by atoms with Crippen molar-refractivity contribution in [2.45, 2.75) is 0 Å². The van der Waals surface area contributed by atoms with Crippen LogP contribution >= 0.6 is 0 Å². The van der Waals surface area contributed by atoms with E-state index in [2.05, 4.69) is 5.10 Å². The molecule has 0 spiro atoms. The molecule has 0 N–H and O–H groups in total. The number of anilines is 1. The summed E-state index contributed by atoms with van der Waals surface area (Å²) in [5.74, 6) is 0.792. The lowest BCUT2D eigenvalue weighted by molar-refractivity contribution is -0.138. The molecule has 1 heterocycles. The fourth-order valence-electron chi connectivity index (χ4n) is 2.60. The number of hydrazone groups is 1. The highest BCUT2D eigenvalue weighted by atomic mass is 16.5. The highest BCUT2D eigenvalue weighted by molar-refractivity contribution is 6.04. The number of rotatable bonds is 5. The Labute approximate surface area is 151 Å². The zero-order chi connectivity index (χ0) is 18.5. The Morgan fingerprint density at radius 1 is 0.923 bits per heavy atom. The second-order valence-corrected chi connectivity index (χ2v) is 5.66. The van der Waals surface area contributed by atoms with E-state index in [4.69, 9.17) is 9.47 Å². The van der Waals surface area contributed by atoms with Crippen LogP contribution < -0.4 is 14.4 Å². The second kappa shape index (κ2) is 7.69. The van der Waals surface area contributed by atoms with E-state index in [1.54, 1.807) is 44.6 Å². The lowest BCUT2D eigenvalue weighted by Gasteiger charge is -2.31. The molecule has 26 heavy (non-hydrogen) atoms. The maximum absolute atomic E-state index is 12.4. The van der Waals surface area contributed by atoms with Crippen LogP contribution in [0.2, 0.25) is 0 Å². The number of methoxy groups -OCH3 is 2. The van der Waals surface area contributed by atoms with Crippen LogP contribution in [0.4, 0.5) is 5.69 Å². The first kappa shape index (κ1) is 17.5. The smallest absolute Gasteiger partial charge is 0.263 e. The number of para-hydroxylation sites is 1. The Balaban J connectivity index is 1.74. The van der Waals surface area contributed by atoms with E-state index in [0.29, 0.717) is 22.7 Å². The van der Waals surface area contributed by atoms with Crippen molar-refractivity contribution in [3.8, 4) is 11.5 Å². The quantitative estimate of drug-likeness (QED) is 0.770. The van der Waals surface area contributed by atoms with Gasteiger partial charge in [-0.2, -0.15) is 5.10 Å². The Hall–Kier alpha value is -3.35. The van der Waals surface area contributed by atoms with Crippen LogP contribution in [-0.4, -0.2) is 50.3 Å². The van der Waals surface area contributed by atoms with Gasteiger partial charge in [-0.3, -0.25) is 9.59 Å². The monoisotopic (exact) mass is 353 g/mol. The second-order valence-electron chi connectivity index (χ2n) is 5.66. The Kier molecular flexibility index (Phi) is 5.17. The summed E-state index contributed by atoms with van der Waals surface area (Å²) in [6.45, 7) is -0.146. The van der Waals surface area contributed by atoms with Gasteiger partial charge in [-0.25, -0.2) is 5.01 Å². The van der Waals surface area contributed by atoms with Crippen LogP contribution in [0.5, 0.6) is 11.5 Å². The molecule has 0 saturated carbocycles. The molecule has 1 saturated heterocycles. The third kappa shape index (κ3) is 3.83. The van der Waals surface area contributed by atoms with Crippen LogP contribution in [0, 0.1) is 0 Å². The number of carbonyl (C=O) groups excluding carboxylic acids is 2. The van der Waals surface area contributed by atoms with E-state index in [0.717, 1.165) is 0 Å². The third-order valence-electron chi connectivity index (χ3n) is 3.96. The van der Waals surface area contributed by atoms with Gasteiger partial charge in [0.15, 0.2) is 0 Å². The molecular formula is C19H19N3O4. The molecule has 2 amide bonds. The van der Waals surface area contributed by atoms with Gasteiger partial charge in [0, 0.05) is 17.3 Å². The number of hydrogen-bond donors (Lipinski definition) is 0. The van der Waals surface area contributed by atoms with Gasteiger partial charge in [0.2, 0.25) is 5.91 Å². The SMILES string of the molecule is COc1cc(C=NN2CC(=O)N(c3ccccc3)CC2=O)cc(OC)c1. The topological polar surface area (TPSA) is 71.4 Å². The molecule has 0 atom stereocenters. The van der Waals surface area contributed by atoms with E-state index >= 15 is 0 Å². The summed E-state index contributed by atoms with van der Waals surface area (Å²) in [4.78, 5) is 26.2. The lowest BCUT2D eigenvalue weighted by atomic mass is 10.2. The summed E-state index contributed by atoms with van der Waals surface area (Å²) in [6, 6.07) is 14.4. The van der Waals surface area contributed by atoms with Gasteiger partial charge in [-0.05, 0) is 24.3 Å². The minimum absolute atomic E-state index is 0.0401. The van der Waals surface area contributed by atoms with Crippen molar-refractivity contribution in [1.29, 1.82) is 0 Å². The maximum atomic E-state index is 12.4. The molecule has 0 bridgehead atoms. The fraction of sp³-hybridized carbons (Fsp3) is 0.211. The van der Waals surface area contributed by atoms with Crippen molar-refractivity contribution in [2.24, 2.45) is 5.10 Å². The van der Waals surface area contributed by atoms with Crippen molar-refractivity contribution in [3.05, 3.63) is 54.1 Å². The summed E-state index contributed by atoms with van der Waals surface area (Å²) in [7, 11) is 3.11. The van der Waals surface area contributed by atoms with Crippen molar-refractivity contribution in [3.63, 3.8) is 0 Å². The summed E-state index contributed by atoms with van der Waals surface area (Å²) < 4.78 is 10.4. The minimum Gasteiger partial charge on any atom is -0.497 e. The molecule has 2 aromatic rings. The zero-order valence-electron chi connectivity index (χ0n) is 14.6. The van der Waals surface area contributed by atoms with Gasteiger partial charge in [0.25, 0.3) is 5.91 Å². The van der Waals surface area contributed by atoms with E-state index in [9.17, 15) is 9.59 Å². The normalized spacial score (nSPS) is 14.8. The van der Waals surface area contributed by atoms with Gasteiger partial charge in [-0.15, -0.1) is 0 Å². The van der Waals surface area contributed by atoms with Crippen molar-refractivity contribution < 1.29 is 19.1 Å². The number of hydrogen-bond acceptors (Lipinski definition) is 5. The summed E-state index contributed by atoms with van der Waals surface area (Å²) in [5, 5.41) is 5.34. The summed E-state index contributed by atoms with van der Waals surface area (Å²) >= 11 is 0. The molecule has 0 unspecified atom stereocenters. The molecule has 0 radical (unpaired) electrons. The van der Waals surface area contributed by atoms with Crippen LogP contribution in [0.25, 0.3) is 0 Å². The first-order valence-corrected chi connectivity index (χ1v) is 8.03. The Morgan fingerprint density at radius 3 is 2.19 bits per heavy atom. The van der Waals surface area contributed by atoms with E-state index < -0.39 is 0 Å². The molecule has 7 heteroatoms. The highest BCUT2D eigenvalue weighted by Gasteiger charge is 2.30. The van der Waals surface area contributed by atoms with Crippen LogP contribution in [0.1, 0.15) is 5.56 Å². The molecule has 2 aromatic carbocycles. The average molecular weight is 353 g/mol. The van der Waals surface area contributed by atoms with Crippen molar-refractivity contribution >= 4 is 23.7 Å². The van der Waals surface area contributed by atoms with Gasteiger partial charge < -0.3 is 14.4 Å². The molecule has 1 fully saturated rings. The van der Waals surface area contributed by atoms with E-state index in [-0.39, 0.29) is 24.9 Å². The number of nitrogens with zero attached hydrogens (tertiary/aromatic N) is 3. The summed E-state index contributed by atoms with van der Waals surface area (Å²) in [6.07, 6.45) is 1.51. The highest BCUT2D eigenvalue weighted by Crippen LogP contribution is 2.22. The number of benzene rings is 2. The number of amides is 2. The number of carbonyl (C=O) groups is 2. The maximum Gasteiger partial charge on any atom is 0.263 e. The molecule has 7 nitrogen and oxygen atoms in total. The van der Waals surface area contributed by atoms with Crippen LogP contribution in [0.15, 0.2) is 53.6 Å². The minimum atomic E-state index is -0.250. The number of ether oxygens (including phenoxy) is 2. The van der Waals surface area contributed by atoms with Crippen LogP contribution in [-0.2, 0) is 9.59 Å². The van der Waals surface area contributed by atoms with E-state index in [1.165, 1.54) is 16.1 Å². The van der Waals surface area contributed by atoms with Gasteiger partial charge >= 0.3 is 0 Å². The molecule has 3 rings (SSSR count). The zero-order valence-corrected chi connectivity index (χ0v) is 14.6. The van der Waals surface area contributed by atoms with E-state index in [1.807, 2.05) is 18.2 Å². The van der Waals surface area contributed by atoms with Gasteiger partial charge in [0.05, 0.1) is 20.4 Å². The predicted octanol–water partition coefficient (Wildman–Crippen LogP) is 1.91. The molecule has 1 aliphatic rings. The largest absolute Gasteiger partial charge is 0.497 e. The molecule has 0 aromatic heterocycles. The first-order chi connectivity index (χ1) is 12.6. The molecule has 0 aliphatic carbocycles. The average Bonchev–Trinajstić information content (AvgIpc) is 2.68. The van der Waals surface area contributed by atoms with Gasteiger partial charge in [-0.1, -0.05) is 18.2 Å². The predicted molar refractivity (Wildman–Crippen MR) is 97.6 cm³/mol. The Morgan fingerprint density at radius 2 is 1.58 bits per heavy atom. The standard InChI is InChI=1S/C19H19N3O4/c1-25-16-8-14(9-17(10-16)26-2)11-20-22-13-18(23)21(12-19(22)24)15-6-4-3-5-7-15/h3-11H,12-13H2,1-2H3. The van der Waals surface area contributed by atoms with Crippen LogP contribution in [0.3, 0.4) is 0 Å². The third-order valence-corrected chi connectivity index (χ3v) is 3.96. The number of piperazine rings is 1. The lowest BCUT2D eigenvalue weighted by Crippen LogP contribution is -2.52.